The van der Waals surface area contributed by atoms with Crippen molar-refractivity contribution in [3.63, 3.8) is 0 Å². The van der Waals surface area contributed by atoms with Crippen molar-refractivity contribution in [3.8, 4) is 11.5 Å². The van der Waals surface area contributed by atoms with Crippen molar-refractivity contribution in [2.45, 2.75) is 33.9 Å². The molecule has 2 aromatic heterocycles. The average molecular weight is 421 g/mol. The number of hydrogen-bond acceptors (Lipinski definition) is 3. The molecule has 0 spiro atoms. The van der Waals surface area contributed by atoms with Crippen molar-refractivity contribution < 1.29 is 9.47 Å². The number of rotatable bonds is 7. The fraction of sp³-hybridized carbons (Fsp3) is 0.240. The second kappa shape index (κ2) is 8.80. The summed E-state index contributed by atoms with van der Waals surface area (Å²) in [7, 11) is 0. The lowest BCUT2D eigenvalue weighted by Crippen LogP contribution is -2.05. The van der Waals surface area contributed by atoms with E-state index in [0.29, 0.717) is 19.8 Å². The third-order valence-electron chi connectivity index (χ3n) is 5.40. The summed E-state index contributed by atoms with van der Waals surface area (Å²) in [6.45, 7) is 7.90. The number of aryl methyl sites for hydroxylation is 1. The zero-order valence-corrected chi connectivity index (χ0v) is 18.2. The van der Waals surface area contributed by atoms with Crippen LogP contribution in [-0.4, -0.2) is 16.2 Å². The molecule has 0 N–H and O–H groups in total. The molecule has 2 aromatic carbocycles. The average Bonchev–Trinajstić information content (AvgIpc) is 3.00. The molecular weight excluding hydrogens is 396 g/mol. The molecule has 2 heterocycles. The van der Waals surface area contributed by atoms with Crippen LogP contribution in [0.1, 0.15) is 29.3 Å². The first-order chi connectivity index (χ1) is 14.6. The first-order valence-electron chi connectivity index (χ1n) is 10.1. The van der Waals surface area contributed by atoms with E-state index in [1.165, 1.54) is 0 Å². The van der Waals surface area contributed by atoms with E-state index in [4.69, 9.17) is 21.1 Å². The van der Waals surface area contributed by atoms with E-state index < -0.39 is 0 Å². The van der Waals surface area contributed by atoms with E-state index in [1.807, 2.05) is 55.5 Å². The fourth-order valence-electron chi connectivity index (χ4n) is 3.70. The molecular formula is C25H25ClN2O2. The van der Waals surface area contributed by atoms with Gasteiger partial charge in [-0.25, -0.2) is 0 Å². The third kappa shape index (κ3) is 3.88. The molecule has 30 heavy (non-hydrogen) atoms. The molecule has 0 aliphatic carbocycles. The maximum Gasteiger partial charge on any atom is 0.147 e. The van der Waals surface area contributed by atoms with Gasteiger partial charge in [0.25, 0.3) is 0 Å². The minimum atomic E-state index is 0.421. The maximum absolute atomic E-state index is 6.44. The molecule has 4 rings (SSSR count). The Balaban J connectivity index is 1.73. The van der Waals surface area contributed by atoms with Crippen molar-refractivity contribution in [1.82, 2.24) is 9.55 Å². The first kappa shape index (κ1) is 20.3. The summed E-state index contributed by atoms with van der Waals surface area (Å²) in [6.07, 6.45) is 1.80. The quantitative estimate of drug-likeness (QED) is 0.350. The number of halogens is 1. The van der Waals surface area contributed by atoms with Crippen LogP contribution in [0.5, 0.6) is 11.5 Å². The molecule has 0 atom stereocenters. The highest BCUT2D eigenvalue weighted by Crippen LogP contribution is 2.33. The van der Waals surface area contributed by atoms with Crippen LogP contribution in [0.3, 0.4) is 0 Å². The number of para-hydroxylation sites is 1. The van der Waals surface area contributed by atoms with Gasteiger partial charge in [0.05, 0.1) is 12.1 Å². The van der Waals surface area contributed by atoms with E-state index in [1.54, 1.807) is 6.20 Å². The summed E-state index contributed by atoms with van der Waals surface area (Å²) in [6, 6.07) is 17.8. The largest absolute Gasteiger partial charge is 0.493 e. The van der Waals surface area contributed by atoms with Crippen LogP contribution in [0.25, 0.3) is 11.0 Å². The molecule has 0 saturated carbocycles. The SMILES string of the molecule is CCOc1ccccc1COc1ccnc2c(C)c(C)n(Cc3ccccc3Cl)c12. The van der Waals surface area contributed by atoms with Crippen LogP contribution >= 0.6 is 11.6 Å². The number of ether oxygens (including phenoxy) is 2. The predicted molar refractivity (Wildman–Crippen MR) is 122 cm³/mol. The zero-order valence-electron chi connectivity index (χ0n) is 17.5. The smallest absolute Gasteiger partial charge is 0.147 e. The van der Waals surface area contributed by atoms with Gasteiger partial charge < -0.3 is 14.0 Å². The highest BCUT2D eigenvalue weighted by Gasteiger charge is 2.18. The minimum absolute atomic E-state index is 0.421. The number of benzene rings is 2. The monoisotopic (exact) mass is 420 g/mol. The Labute approximate surface area is 182 Å². The lowest BCUT2D eigenvalue weighted by Gasteiger charge is -2.15. The lowest BCUT2D eigenvalue weighted by atomic mass is 10.2. The molecule has 0 aliphatic heterocycles. The summed E-state index contributed by atoms with van der Waals surface area (Å²) in [5.41, 5.74) is 6.33. The number of nitrogens with zero attached hydrogens (tertiary/aromatic N) is 2. The van der Waals surface area contributed by atoms with Gasteiger partial charge in [-0.1, -0.05) is 48.0 Å². The van der Waals surface area contributed by atoms with Gasteiger partial charge in [-0.05, 0) is 44.0 Å². The van der Waals surface area contributed by atoms with Crippen LogP contribution in [0.2, 0.25) is 5.02 Å². The lowest BCUT2D eigenvalue weighted by molar-refractivity contribution is 0.288. The Hall–Kier alpha value is -2.98. The van der Waals surface area contributed by atoms with Crippen molar-refractivity contribution in [3.05, 3.63) is 88.2 Å². The Morgan fingerprint density at radius 1 is 0.900 bits per heavy atom. The molecule has 0 amide bonds. The fourth-order valence-corrected chi connectivity index (χ4v) is 3.89. The van der Waals surface area contributed by atoms with Gasteiger partial charge in [0.15, 0.2) is 0 Å². The van der Waals surface area contributed by atoms with Gasteiger partial charge in [-0.3, -0.25) is 4.98 Å². The normalized spacial score (nSPS) is 11.1. The van der Waals surface area contributed by atoms with E-state index in [9.17, 15) is 0 Å². The molecule has 4 nitrogen and oxygen atoms in total. The standard InChI is InChI=1S/C25H25ClN2O2/c1-4-29-22-12-8-6-10-20(22)16-30-23-13-14-27-24-17(2)18(3)28(25(23)24)15-19-9-5-7-11-21(19)26/h5-14H,4,15-16H2,1-3H3. The topological polar surface area (TPSA) is 36.3 Å². The van der Waals surface area contributed by atoms with Crippen LogP contribution in [0.4, 0.5) is 0 Å². The molecule has 4 aromatic rings. The molecule has 0 bridgehead atoms. The summed E-state index contributed by atoms with van der Waals surface area (Å²) in [5.74, 6) is 1.65. The second-order valence-corrected chi connectivity index (χ2v) is 7.63. The van der Waals surface area contributed by atoms with Crippen LogP contribution in [0.15, 0.2) is 60.8 Å². The van der Waals surface area contributed by atoms with E-state index in [0.717, 1.165) is 49.9 Å². The van der Waals surface area contributed by atoms with Crippen molar-refractivity contribution >= 4 is 22.6 Å². The van der Waals surface area contributed by atoms with Crippen LogP contribution in [-0.2, 0) is 13.2 Å². The zero-order chi connectivity index (χ0) is 21.1. The highest BCUT2D eigenvalue weighted by atomic mass is 35.5. The predicted octanol–water partition coefficient (Wildman–Crippen LogP) is 6.33. The summed E-state index contributed by atoms with van der Waals surface area (Å²) in [4.78, 5) is 4.63. The van der Waals surface area contributed by atoms with Gasteiger partial charge in [-0.15, -0.1) is 0 Å². The maximum atomic E-state index is 6.44. The minimum Gasteiger partial charge on any atom is -0.493 e. The van der Waals surface area contributed by atoms with Gasteiger partial charge in [0.2, 0.25) is 0 Å². The molecule has 5 heteroatoms. The van der Waals surface area contributed by atoms with E-state index in [-0.39, 0.29) is 0 Å². The Morgan fingerprint density at radius 3 is 2.40 bits per heavy atom. The van der Waals surface area contributed by atoms with Gasteiger partial charge >= 0.3 is 0 Å². The van der Waals surface area contributed by atoms with Crippen molar-refractivity contribution in [1.29, 1.82) is 0 Å². The van der Waals surface area contributed by atoms with Crippen molar-refractivity contribution in [2.24, 2.45) is 0 Å². The van der Waals surface area contributed by atoms with Gasteiger partial charge in [0, 0.05) is 35.1 Å². The molecule has 0 aliphatic rings. The third-order valence-corrected chi connectivity index (χ3v) is 5.77. The van der Waals surface area contributed by atoms with E-state index >= 15 is 0 Å². The highest BCUT2D eigenvalue weighted by molar-refractivity contribution is 6.31. The Morgan fingerprint density at radius 2 is 1.63 bits per heavy atom. The number of pyridine rings is 1. The summed E-state index contributed by atoms with van der Waals surface area (Å²) >= 11 is 6.44. The second-order valence-electron chi connectivity index (χ2n) is 7.22. The number of aromatic nitrogens is 2. The van der Waals surface area contributed by atoms with Gasteiger partial charge in [-0.2, -0.15) is 0 Å². The van der Waals surface area contributed by atoms with Crippen LogP contribution in [0, 0.1) is 13.8 Å². The summed E-state index contributed by atoms with van der Waals surface area (Å²) in [5, 5.41) is 0.758. The Bertz CT molecular complexity index is 1180. The first-order valence-corrected chi connectivity index (χ1v) is 10.5. The molecule has 0 radical (unpaired) electrons. The van der Waals surface area contributed by atoms with Gasteiger partial charge in [0.1, 0.15) is 23.6 Å². The number of hydrogen-bond donors (Lipinski definition) is 0. The molecule has 0 fully saturated rings. The molecule has 0 saturated heterocycles. The van der Waals surface area contributed by atoms with Crippen LogP contribution < -0.4 is 9.47 Å². The molecule has 154 valence electrons. The summed E-state index contributed by atoms with van der Waals surface area (Å²) < 4.78 is 14.3. The van der Waals surface area contributed by atoms with Crippen molar-refractivity contribution in [2.75, 3.05) is 6.61 Å². The number of fused-ring (bicyclic) bond motifs is 1. The Kier molecular flexibility index (Phi) is 5.96. The van der Waals surface area contributed by atoms with E-state index in [2.05, 4.69) is 29.5 Å². The molecule has 0 unspecified atom stereocenters.